The number of piperidine rings is 1. The monoisotopic (exact) mass is 290 g/mol. The van der Waals surface area contributed by atoms with E-state index in [0.29, 0.717) is 0 Å². The molecule has 1 aromatic heterocycles. The molecule has 2 saturated heterocycles. The lowest BCUT2D eigenvalue weighted by Gasteiger charge is -2.32. The quantitative estimate of drug-likeness (QED) is 0.851. The van der Waals surface area contributed by atoms with Gasteiger partial charge in [-0.15, -0.1) is 0 Å². The van der Waals surface area contributed by atoms with Crippen LogP contribution in [0.1, 0.15) is 37.4 Å². The molecular formula is C17H30N4. The lowest BCUT2D eigenvalue weighted by Crippen LogP contribution is -2.34. The van der Waals surface area contributed by atoms with E-state index in [4.69, 9.17) is 0 Å². The Morgan fingerprint density at radius 3 is 2.52 bits per heavy atom. The van der Waals surface area contributed by atoms with Gasteiger partial charge in [-0.2, -0.15) is 5.10 Å². The average Bonchev–Trinajstić information content (AvgIpc) is 3.08. The molecule has 21 heavy (non-hydrogen) atoms. The molecule has 0 radical (unpaired) electrons. The Labute approximate surface area is 129 Å². The van der Waals surface area contributed by atoms with Crippen LogP contribution in [-0.4, -0.2) is 52.8 Å². The van der Waals surface area contributed by atoms with E-state index < -0.39 is 0 Å². The second-order valence-corrected chi connectivity index (χ2v) is 7.00. The van der Waals surface area contributed by atoms with Crippen LogP contribution >= 0.6 is 0 Å². The fourth-order valence-corrected chi connectivity index (χ4v) is 4.09. The predicted molar refractivity (Wildman–Crippen MR) is 86.2 cm³/mol. The SMILES string of the molecule is CCn1ncc(CN2CCC(C3CCN(C)CC3)C2)c1C. The summed E-state index contributed by atoms with van der Waals surface area (Å²) in [5, 5.41) is 4.48. The second kappa shape index (κ2) is 6.49. The minimum atomic E-state index is 0.931. The van der Waals surface area contributed by atoms with Gasteiger partial charge in [0, 0.05) is 30.9 Å². The molecule has 1 atom stereocenters. The first-order chi connectivity index (χ1) is 10.2. The van der Waals surface area contributed by atoms with Crippen molar-refractivity contribution in [1.82, 2.24) is 19.6 Å². The molecule has 2 aliphatic rings. The van der Waals surface area contributed by atoms with Gasteiger partial charge in [-0.05, 0) is 71.6 Å². The average molecular weight is 290 g/mol. The number of hydrogen-bond donors (Lipinski definition) is 0. The lowest BCUT2D eigenvalue weighted by molar-refractivity contribution is 0.169. The molecule has 1 aromatic rings. The van der Waals surface area contributed by atoms with Crippen molar-refractivity contribution in [3.05, 3.63) is 17.5 Å². The van der Waals surface area contributed by atoms with Crippen LogP contribution in [0.3, 0.4) is 0 Å². The van der Waals surface area contributed by atoms with E-state index in [1.807, 2.05) is 0 Å². The highest BCUT2D eigenvalue weighted by atomic mass is 15.3. The van der Waals surface area contributed by atoms with Crippen molar-refractivity contribution in [3.63, 3.8) is 0 Å². The summed E-state index contributed by atoms with van der Waals surface area (Å²) in [4.78, 5) is 5.12. The van der Waals surface area contributed by atoms with Gasteiger partial charge in [0.1, 0.15) is 0 Å². The molecular weight excluding hydrogens is 260 g/mol. The Morgan fingerprint density at radius 2 is 1.86 bits per heavy atom. The van der Waals surface area contributed by atoms with E-state index in [9.17, 15) is 0 Å². The van der Waals surface area contributed by atoms with E-state index in [0.717, 1.165) is 24.9 Å². The van der Waals surface area contributed by atoms with Crippen LogP contribution in [0.15, 0.2) is 6.20 Å². The molecule has 118 valence electrons. The number of nitrogens with zero attached hydrogens (tertiary/aromatic N) is 4. The van der Waals surface area contributed by atoms with E-state index in [1.54, 1.807) is 0 Å². The van der Waals surface area contributed by atoms with Crippen molar-refractivity contribution < 1.29 is 0 Å². The van der Waals surface area contributed by atoms with Gasteiger partial charge in [0.2, 0.25) is 0 Å². The highest BCUT2D eigenvalue weighted by molar-refractivity contribution is 5.16. The predicted octanol–water partition coefficient (Wildman–Crippen LogP) is 2.38. The van der Waals surface area contributed by atoms with Crippen molar-refractivity contribution in [2.45, 2.75) is 46.2 Å². The minimum Gasteiger partial charge on any atom is -0.306 e. The highest BCUT2D eigenvalue weighted by Gasteiger charge is 2.31. The van der Waals surface area contributed by atoms with E-state index in [-0.39, 0.29) is 0 Å². The summed E-state index contributed by atoms with van der Waals surface area (Å²) in [7, 11) is 2.26. The van der Waals surface area contributed by atoms with Crippen LogP contribution in [0.4, 0.5) is 0 Å². The summed E-state index contributed by atoms with van der Waals surface area (Å²) < 4.78 is 2.11. The Kier molecular flexibility index (Phi) is 4.65. The molecule has 2 aliphatic heterocycles. The van der Waals surface area contributed by atoms with Gasteiger partial charge in [-0.1, -0.05) is 0 Å². The van der Waals surface area contributed by atoms with Crippen LogP contribution < -0.4 is 0 Å². The summed E-state index contributed by atoms with van der Waals surface area (Å²) >= 11 is 0. The molecule has 0 spiro atoms. The number of hydrogen-bond acceptors (Lipinski definition) is 3. The fourth-order valence-electron chi connectivity index (χ4n) is 4.09. The molecule has 3 rings (SSSR count). The van der Waals surface area contributed by atoms with Gasteiger partial charge in [0.15, 0.2) is 0 Å². The molecule has 0 bridgehead atoms. The molecule has 0 aliphatic carbocycles. The topological polar surface area (TPSA) is 24.3 Å². The Bertz CT molecular complexity index is 459. The Balaban J connectivity index is 1.53. The lowest BCUT2D eigenvalue weighted by atomic mass is 9.84. The van der Waals surface area contributed by atoms with E-state index >= 15 is 0 Å². The van der Waals surface area contributed by atoms with Crippen LogP contribution in [0, 0.1) is 18.8 Å². The molecule has 3 heterocycles. The van der Waals surface area contributed by atoms with Crippen molar-refractivity contribution in [2.75, 3.05) is 33.2 Å². The second-order valence-electron chi connectivity index (χ2n) is 7.00. The largest absolute Gasteiger partial charge is 0.306 e. The van der Waals surface area contributed by atoms with E-state index in [2.05, 4.69) is 46.7 Å². The molecule has 2 fully saturated rings. The molecule has 1 unspecified atom stereocenters. The van der Waals surface area contributed by atoms with Gasteiger partial charge >= 0.3 is 0 Å². The normalized spacial score (nSPS) is 25.8. The zero-order chi connectivity index (χ0) is 14.8. The molecule has 4 heteroatoms. The summed E-state index contributed by atoms with van der Waals surface area (Å²) in [6.45, 7) is 11.6. The Hall–Kier alpha value is -0.870. The van der Waals surface area contributed by atoms with E-state index in [1.165, 1.54) is 56.7 Å². The number of rotatable bonds is 4. The maximum Gasteiger partial charge on any atom is 0.0537 e. The van der Waals surface area contributed by atoms with Gasteiger partial charge < -0.3 is 4.90 Å². The van der Waals surface area contributed by atoms with Gasteiger partial charge in [-0.3, -0.25) is 9.58 Å². The summed E-state index contributed by atoms with van der Waals surface area (Å²) in [6, 6.07) is 0. The summed E-state index contributed by atoms with van der Waals surface area (Å²) in [5.74, 6) is 1.89. The summed E-state index contributed by atoms with van der Waals surface area (Å²) in [6.07, 6.45) is 6.28. The molecule has 0 N–H and O–H groups in total. The number of likely N-dealkylation sites (tertiary alicyclic amines) is 2. The third-order valence-corrected chi connectivity index (χ3v) is 5.64. The molecule has 4 nitrogen and oxygen atoms in total. The van der Waals surface area contributed by atoms with Crippen LogP contribution in [0.2, 0.25) is 0 Å². The van der Waals surface area contributed by atoms with Gasteiger partial charge in [0.25, 0.3) is 0 Å². The summed E-state index contributed by atoms with van der Waals surface area (Å²) in [5.41, 5.74) is 2.76. The Morgan fingerprint density at radius 1 is 1.14 bits per heavy atom. The maximum atomic E-state index is 4.48. The molecule has 0 saturated carbocycles. The number of aryl methyl sites for hydroxylation is 1. The van der Waals surface area contributed by atoms with Crippen molar-refractivity contribution >= 4 is 0 Å². The van der Waals surface area contributed by atoms with Gasteiger partial charge in [0.05, 0.1) is 6.20 Å². The van der Waals surface area contributed by atoms with Crippen molar-refractivity contribution in [3.8, 4) is 0 Å². The van der Waals surface area contributed by atoms with Crippen molar-refractivity contribution in [2.24, 2.45) is 11.8 Å². The standard InChI is InChI=1S/C17H30N4/c1-4-21-14(2)17(11-18-21)13-20-10-7-16(12-20)15-5-8-19(3)9-6-15/h11,15-16H,4-10,12-13H2,1-3H3. The van der Waals surface area contributed by atoms with Crippen molar-refractivity contribution in [1.29, 1.82) is 0 Å². The zero-order valence-electron chi connectivity index (χ0n) is 13.9. The first-order valence-corrected chi connectivity index (χ1v) is 8.59. The van der Waals surface area contributed by atoms with Crippen LogP contribution in [0.25, 0.3) is 0 Å². The number of aromatic nitrogens is 2. The van der Waals surface area contributed by atoms with Gasteiger partial charge in [-0.25, -0.2) is 0 Å². The molecule has 0 aromatic carbocycles. The first kappa shape index (κ1) is 15.0. The smallest absolute Gasteiger partial charge is 0.0537 e. The van der Waals surface area contributed by atoms with Crippen LogP contribution in [-0.2, 0) is 13.1 Å². The minimum absolute atomic E-state index is 0.931. The van der Waals surface area contributed by atoms with Crippen LogP contribution in [0.5, 0.6) is 0 Å². The zero-order valence-corrected chi connectivity index (χ0v) is 13.9. The fraction of sp³-hybridized carbons (Fsp3) is 0.824. The highest BCUT2D eigenvalue weighted by Crippen LogP contribution is 2.32. The first-order valence-electron chi connectivity index (χ1n) is 8.59. The maximum absolute atomic E-state index is 4.48. The third-order valence-electron chi connectivity index (χ3n) is 5.64. The molecule has 0 amide bonds. The third kappa shape index (κ3) is 3.32.